The van der Waals surface area contributed by atoms with Gasteiger partial charge in [0.05, 0.1) is 5.52 Å². The second-order valence-electron chi connectivity index (χ2n) is 5.12. The monoisotopic (exact) mass is 297 g/mol. The van der Waals surface area contributed by atoms with Crippen LogP contribution in [0.3, 0.4) is 0 Å². The largest absolute Gasteiger partial charge is 0.331 e. The highest BCUT2D eigenvalue weighted by Crippen LogP contribution is 2.30. The third-order valence-corrected chi connectivity index (χ3v) is 4.38. The van der Waals surface area contributed by atoms with Gasteiger partial charge in [0.2, 0.25) is 0 Å². The summed E-state index contributed by atoms with van der Waals surface area (Å²) < 4.78 is 2.25. The predicted molar refractivity (Wildman–Crippen MR) is 90.7 cm³/mol. The predicted octanol–water partition coefficient (Wildman–Crippen LogP) is 4.16. The van der Waals surface area contributed by atoms with Gasteiger partial charge in [-0.2, -0.15) is 11.8 Å². The molecule has 4 heteroatoms. The van der Waals surface area contributed by atoms with Crippen LogP contribution < -0.4 is 0 Å². The molecule has 3 rings (SSSR count). The lowest BCUT2D eigenvalue weighted by Crippen LogP contribution is -2.02. The molecule has 1 aromatic carbocycles. The van der Waals surface area contributed by atoms with Gasteiger partial charge in [0.1, 0.15) is 5.82 Å². The molecule has 0 unspecified atom stereocenters. The molecule has 0 bridgehead atoms. The van der Waals surface area contributed by atoms with Crippen LogP contribution >= 0.6 is 11.8 Å². The minimum absolute atomic E-state index is 1.01. The lowest BCUT2D eigenvalue weighted by molar-refractivity contribution is 0.691. The molecular weight excluding hydrogens is 278 g/mol. The molecule has 0 atom stereocenters. The molecule has 108 valence electrons. The Kier molecular flexibility index (Phi) is 4.25. The molecule has 0 spiro atoms. The third kappa shape index (κ3) is 2.81. The summed E-state index contributed by atoms with van der Waals surface area (Å²) in [6.07, 6.45) is 9.11. The van der Waals surface area contributed by atoms with Crippen molar-refractivity contribution in [1.82, 2.24) is 14.5 Å². The average Bonchev–Trinajstić information content (AvgIpc) is 2.95. The van der Waals surface area contributed by atoms with Crippen LogP contribution in [0.5, 0.6) is 0 Å². The molecule has 0 aliphatic heterocycles. The van der Waals surface area contributed by atoms with Crippen molar-refractivity contribution in [3.63, 3.8) is 0 Å². The van der Waals surface area contributed by atoms with E-state index < -0.39 is 0 Å². The number of rotatable bonds is 5. The highest BCUT2D eigenvalue weighted by Gasteiger charge is 2.12. The van der Waals surface area contributed by atoms with Gasteiger partial charge in [0.25, 0.3) is 0 Å². The summed E-state index contributed by atoms with van der Waals surface area (Å²) in [5.41, 5.74) is 3.47. The molecule has 0 N–H and O–H groups in total. The van der Waals surface area contributed by atoms with Crippen LogP contribution in [0.15, 0.2) is 42.9 Å². The number of nitrogens with zero attached hydrogens (tertiary/aromatic N) is 3. The summed E-state index contributed by atoms with van der Waals surface area (Å²) in [5, 5.41) is 1.18. The summed E-state index contributed by atoms with van der Waals surface area (Å²) >= 11 is 1.89. The molecule has 3 aromatic rings. The number of benzene rings is 1. The van der Waals surface area contributed by atoms with Crippen LogP contribution in [0.25, 0.3) is 22.3 Å². The fraction of sp³-hybridized carbons (Fsp3) is 0.294. The maximum absolute atomic E-state index is 4.60. The number of fused-ring (bicyclic) bond motifs is 1. The number of imidazole rings is 1. The first-order valence-electron chi connectivity index (χ1n) is 7.16. The summed E-state index contributed by atoms with van der Waals surface area (Å²) in [4.78, 5) is 9.06. The van der Waals surface area contributed by atoms with Crippen LogP contribution in [0, 0.1) is 6.92 Å². The van der Waals surface area contributed by atoms with Gasteiger partial charge >= 0.3 is 0 Å². The van der Waals surface area contributed by atoms with Gasteiger partial charge in [-0.25, -0.2) is 4.98 Å². The number of hydrogen-bond acceptors (Lipinski definition) is 3. The van der Waals surface area contributed by atoms with Gasteiger partial charge < -0.3 is 4.57 Å². The molecule has 0 aliphatic rings. The van der Waals surface area contributed by atoms with E-state index in [-0.39, 0.29) is 0 Å². The van der Waals surface area contributed by atoms with Gasteiger partial charge in [-0.1, -0.05) is 12.1 Å². The van der Waals surface area contributed by atoms with Crippen LogP contribution in [-0.2, 0) is 6.54 Å². The van der Waals surface area contributed by atoms with E-state index in [1.165, 1.54) is 22.3 Å². The van der Waals surface area contributed by atoms with Crippen molar-refractivity contribution in [3.8, 4) is 11.4 Å². The number of hydrogen-bond donors (Lipinski definition) is 0. The van der Waals surface area contributed by atoms with E-state index in [1.54, 1.807) is 0 Å². The zero-order valence-corrected chi connectivity index (χ0v) is 13.2. The molecule has 2 aromatic heterocycles. The van der Waals surface area contributed by atoms with Crippen LogP contribution in [0.1, 0.15) is 12.0 Å². The van der Waals surface area contributed by atoms with Crippen molar-refractivity contribution >= 4 is 22.7 Å². The van der Waals surface area contributed by atoms with Crippen molar-refractivity contribution in [1.29, 1.82) is 0 Å². The van der Waals surface area contributed by atoms with Gasteiger partial charge in [-0.05, 0) is 43.0 Å². The van der Waals surface area contributed by atoms with E-state index >= 15 is 0 Å². The third-order valence-electron chi connectivity index (χ3n) is 3.68. The minimum Gasteiger partial charge on any atom is -0.331 e. The minimum atomic E-state index is 1.01. The molecule has 0 saturated carbocycles. The van der Waals surface area contributed by atoms with E-state index in [0.29, 0.717) is 0 Å². The first kappa shape index (κ1) is 14.1. The SMILES string of the molecule is CSCCCn1ccnc1-c1c(C)ccc2ncccc12. The lowest BCUT2D eigenvalue weighted by Gasteiger charge is -2.12. The van der Waals surface area contributed by atoms with Crippen LogP contribution in [0.2, 0.25) is 0 Å². The average molecular weight is 297 g/mol. The normalized spacial score (nSPS) is 11.1. The number of aryl methyl sites for hydroxylation is 2. The zero-order valence-electron chi connectivity index (χ0n) is 12.4. The first-order valence-corrected chi connectivity index (χ1v) is 8.55. The van der Waals surface area contributed by atoms with Crippen LogP contribution in [-0.4, -0.2) is 26.5 Å². The van der Waals surface area contributed by atoms with Crippen LogP contribution in [0.4, 0.5) is 0 Å². The van der Waals surface area contributed by atoms with Gasteiger partial charge in [0, 0.05) is 36.1 Å². The lowest BCUT2D eigenvalue weighted by atomic mass is 10.0. The zero-order chi connectivity index (χ0) is 14.7. The summed E-state index contributed by atoms with van der Waals surface area (Å²) in [6.45, 7) is 3.15. The molecule has 0 amide bonds. The van der Waals surface area contributed by atoms with E-state index in [1.807, 2.05) is 30.2 Å². The fourth-order valence-electron chi connectivity index (χ4n) is 2.66. The standard InChI is InChI=1S/C17H19N3S/c1-13-6-7-15-14(5-3-8-18-15)16(13)17-19-9-11-20(17)10-4-12-21-2/h3,5-9,11H,4,10,12H2,1-2H3. The second-order valence-corrected chi connectivity index (χ2v) is 6.10. The Balaban J connectivity index is 2.08. The summed E-state index contributed by atoms with van der Waals surface area (Å²) in [5.74, 6) is 2.22. The summed E-state index contributed by atoms with van der Waals surface area (Å²) in [6, 6.07) is 8.33. The van der Waals surface area contributed by atoms with Gasteiger partial charge in [0.15, 0.2) is 0 Å². The first-order chi connectivity index (χ1) is 10.3. The smallest absolute Gasteiger partial charge is 0.140 e. The van der Waals surface area contributed by atoms with Crippen molar-refractivity contribution in [2.24, 2.45) is 0 Å². The van der Waals surface area contributed by atoms with Gasteiger partial charge in [-0.15, -0.1) is 0 Å². The maximum Gasteiger partial charge on any atom is 0.140 e. The van der Waals surface area contributed by atoms with Crippen molar-refractivity contribution in [2.75, 3.05) is 12.0 Å². The molecule has 0 saturated heterocycles. The maximum atomic E-state index is 4.60. The van der Waals surface area contributed by atoms with E-state index in [2.05, 4.69) is 52.1 Å². The Morgan fingerprint density at radius 2 is 2.05 bits per heavy atom. The van der Waals surface area contributed by atoms with Crippen molar-refractivity contribution < 1.29 is 0 Å². The van der Waals surface area contributed by atoms with E-state index in [4.69, 9.17) is 0 Å². The Morgan fingerprint density at radius 1 is 1.14 bits per heavy atom. The molecule has 2 heterocycles. The molecule has 3 nitrogen and oxygen atoms in total. The molecular formula is C17H19N3S. The fourth-order valence-corrected chi connectivity index (χ4v) is 3.07. The topological polar surface area (TPSA) is 30.7 Å². The van der Waals surface area contributed by atoms with E-state index in [9.17, 15) is 0 Å². The molecule has 0 fully saturated rings. The number of aromatic nitrogens is 3. The molecule has 21 heavy (non-hydrogen) atoms. The number of thioether (sulfide) groups is 1. The van der Waals surface area contributed by atoms with Gasteiger partial charge in [-0.3, -0.25) is 4.98 Å². The Labute approximate surface area is 129 Å². The number of pyridine rings is 1. The Morgan fingerprint density at radius 3 is 2.90 bits per heavy atom. The summed E-state index contributed by atoms with van der Waals surface area (Å²) in [7, 11) is 0. The van der Waals surface area contributed by atoms with Crippen molar-refractivity contribution in [2.45, 2.75) is 19.9 Å². The Bertz CT molecular complexity index is 749. The van der Waals surface area contributed by atoms with E-state index in [0.717, 1.165) is 24.3 Å². The van der Waals surface area contributed by atoms with Crippen molar-refractivity contribution in [3.05, 3.63) is 48.4 Å². The quantitative estimate of drug-likeness (QED) is 0.663. The molecule has 0 radical (unpaired) electrons. The molecule has 0 aliphatic carbocycles. The Hall–Kier alpha value is -1.81. The highest BCUT2D eigenvalue weighted by atomic mass is 32.2. The highest BCUT2D eigenvalue weighted by molar-refractivity contribution is 7.98. The second kappa shape index (κ2) is 6.31.